The summed E-state index contributed by atoms with van der Waals surface area (Å²) in [5, 5.41) is 11.8. The molecule has 1 amide bonds. The van der Waals surface area contributed by atoms with Crippen LogP contribution < -0.4 is 5.32 Å². The summed E-state index contributed by atoms with van der Waals surface area (Å²) in [6.45, 7) is 4.70. The van der Waals surface area contributed by atoms with Gasteiger partial charge in [-0.3, -0.25) is 4.79 Å². The van der Waals surface area contributed by atoms with Crippen molar-refractivity contribution in [2.75, 3.05) is 13.2 Å². The first kappa shape index (κ1) is 14.6. The zero-order chi connectivity index (χ0) is 14.6. The van der Waals surface area contributed by atoms with Crippen molar-refractivity contribution in [3.63, 3.8) is 0 Å². The Morgan fingerprint density at radius 1 is 1.45 bits per heavy atom. The van der Waals surface area contributed by atoms with Crippen LogP contribution in [0.4, 0.5) is 0 Å². The number of aliphatic hydroxyl groups excluding tert-OH is 1. The van der Waals surface area contributed by atoms with Crippen molar-refractivity contribution in [1.82, 2.24) is 5.32 Å². The standard InChI is InChI=1S/C17H21NO2/c1-3-17(8-9-17)12-18-16(20)15-7-6-13(2)14(11-15)5-4-10-19/h6-7,11,19H,3,8-10,12H2,1-2H3,(H,18,20). The Morgan fingerprint density at radius 3 is 2.80 bits per heavy atom. The predicted octanol–water partition coefficient (Wildman–Crippen LogP) is 2.26. The highest BCUT2D eigenvalue weighted by Crippen LogP contribution is 2.47. The number of aryl methyl sites for hydroxylation is 1. The largest absolute Gasteiger partial charge is 0.384 e. The van der Waals surface area contributed by atoms with E-state index in [9.17, 15) is 4.79 Å². The second-order valence-corrected chi connectivity index (χ2v) is 5.53. The van der Waals surface area contributed by atoms with E-state index in [-0.39, 0.29) is 12.5 Å². The maximum Gasteiger partial charge on any atom is 0.251 e. The second kappa shape index (κ2) is 6.11. The number of rotatable bonds is 4. The number of hydrogen-bond donors (Lipinski definition) is 2. The van der Waals surface area contributed by atoms with Crippen molar-refractivity contribution in [3.8, 4) is 11.8 Å². The van der Waals surface area contributed by atoms with Crippen LogP contribution in [0.25, 0.3) is 0 Å². The lowest BCUT2D eigenvalue weighted by Gasteiger charge is -2.13. The van der Waals surface area contributed by atoms with E-state index in [1.807, 2.05) is 19.1 Å². The molecule has 0 radical (unpaired) electrons. The molecule has 1 aromatic carbocycles. The Morgan fingerprint density at radius 2 is 2.20 bits per heavy atom. The van der Waals surface area contributed by atoms with E-state index in [1.54, 1.807) is 6.07 Å². The predicted molar refractivity (Wildman–Crippen MR) is 79.4 cm³/mol. The van der Waals surface area contributed by atoms with Gasteiger partial charge in [0.25, 0.3) is 5.91 Å². The summed E-state index contributed by atoms with van der Waals surface area (Å²) in [5.41, 5.74) is 2.78. The average Bonchev–Trinajstić information content (AvgIpc) is 3.24. The molecular formula is C17H21NO2. The summed E-state index contributed by atoms with van der Waals surface area (Å²) in [7, 11) is 0. The molecule has 0 spiro atoms. The molecule has 0 saturated heterocycles. The van der Waals surface area contributed by atoms with E-state index in [0.717, 1.165) is 24.1 Å². The molecule has 1 fully saturated rings. The van der Waals surface area contributed by atoms with Crippen molar-refractivity contribution in [2.45, 2.75) is 33.1 Å². The summed E-state index contributed by atoms with van der Waals surface area (Å²) < 4.78 is 0. The zero-order valence-electron chi connectivity index (χ0n) is 12.1. The molecule has 0 unspecified atom stereocenters. The molecule has 0 heterocycles. The molecule has 3 nitrogen and oxygen atoms in total. The molecule has 2 N–H and O–H groups in total. The van der Waals surface area contributed by atoms with Gasteiger partial charge in [-0.2, -0.15) is 0 Å². The second-order valence-electron chi connectivity index (χ2n) is 5.53. The van der Waals surface area contributed by atoms with Gasteiger partial charge in [-0.15, -0.1) is 0 Å². The van der Waals surface area contributed by atoms with Crippen LogP contribution in [0.15, 0.2) is 18.2 Å². The summed E-state index contributed by atoms with van der Waals surface area (Å²) >= 11 is 0. The van der Waals surface area contributed by atoms with Gasteiger partial charge in [-0.25, -0.2) is 0 Å². The van der Waals surface area contributed by atoms with Crippen LogP contribution in [0.2, 0.25) is 0 Å². The summed E-state index contributed by atoms with van der Waals surface area (Å²) in [4.78, 5) is 12.2. The first-order valence-electron chi connectivity index (χ1n) is 7.09. The minimum atomic E-state index is -0.172. The van der Waals surface area contributed by atoms with E-state index in [2.05, 4.69) is 24.1 Å². The van der Waals surface area contributed by atoms with Crippen molar-refractivity contribution < 1.29 is 9.90 Å². The number of carbonyl (C=O) groups excluding carboxylic acids is 1. The fourth-order valence-electron chi connectivity index (χ4n) is 2.23. The number of carbonyl (C=O) groups is 1. The van der Waals surface area contributed by atoms with Gasteiger partial charge in [0, 0.05) is 17.7 Å². The lowest BCUT2D eigenvalue weighted by Crippen LogP contribution is -2.30. The van der Waals surface area contributed by atoms with Gasteiger partial charge in [-0.05, 0) is 49.3 Å². The van der Waals surface area contributed by atoms with Crippen LogP contribution in [0, 0.1) is 24.2 Å². The molecule has 106 valence electrons. The molecule has 0 aromatic heterocycles. The van der Waals surface area contributed by atoms with Gasteiger partial charge in [0.2, 0.25) is 0 Å². The third kappa shape index (κ3) is 3.40. The van der Waals surface area contributed by atoms with Crippen LogP contribution in [0.1, 0.15) is 47.7 Å². The summed E-state index contributed by atoms with van der Waals surface area (Å²) in [6, 6.07) is 5.50. The van der Waals surface area contributed by atoms with Gasteiger partial charge < -0.3 is 10.4 Å². The number of aliphatic hydroxyl groups is 1. The van der Waals surface area contributed by atoms with Gasteiger partial charge >= 0.3 is 0 Å². The molecule has 1 aliphatic rings. The third-order valence-corrected chi connectivity index (χ3v) is 4.13. The van der Waals surface area contributed by atoms with Crippen LogP contribution >= 0.6 is 0 Å². The quantitative estimate of drug-likeness (QED) is 0.825. The van der Waals surface area contributed by atoms with Crippen molar-refractivity contribution in [2.24, 2.45) is 5.41 Å². The highest BCUT2D eigenvalue weighted by atomic mass is 16.2. The van der Waals surface area contributed by atoms with Gasteiger partial charge in [0.1, 0.15) is 6.61 Å². The van der Waals surface area contributed by atoms with Crippen LogP contribution in [-0.2, 0) is 0 Å². The molecule has 20 heavy (non-hydrogen) atoms. The Balaban J connectivity index is 2.06. The first-order chi connectivity index (χ1) is 9.60. The molecule has 1 aromatic rings. The highest BCUT2D eigenvalue weighted by Gasteiger charge is 2.40. The molecular weight excluding hydrogens is 250 g/mol. The van der Waals surface area contributed by atoms with E-state index < -0.39 is 0 Å². The van der Waals surface area contributed by atoms with Crippen molar-refractivity contribution in [1.29, 1.82) is 0 Å². The van der Waals surface area contributed by atoms with E-state index in [4.69, 9.17) is 5.11 Å². The lowest BCUT2D eigenvalue weighted by atomic mass is 10.0. The van der Waals surface area contributed by atoms with Crippen LogP contribution in [-0.4, -0.2) is 24.2 Å². The highest BCUT2D eigenvalue weighted by molar-refractivity contribution is 5.94. The Kier molecular flexibility index (Phi) is 4.46. The number of amides is 1. The van der Waals surface area contributed by atoms with E-state index in [1.165, 1.54) is 12.8 Å². The molecule has 2 rings (SSSR count). The topological polar surface area (TPSA) is 49.3 Å². The van der Waals surface area contributed by atoms with Gasteiger partial charge in [-0.1, -0.05) is 24.8 Å². The maximum atomic E-state index is 12.2. The minimum Gasteiger partial charge on any atom is -0.384 e. The van der Waals surface area contributed by atoms with Gasteiger partial charge in [0.05, 0.1) is 0 Å². The monoisotopic (exact) mass is 271 g/mol. The first-order valence-corrected chi connectivity index (χ1v) is 7.09. The van der Waals surface area contributed by atoms with Crippen LogP contribution in [0.5, 0.6) is 0 Å². The number of hydrogen-bond acceptors (Lipinski definition) is 2. The van der Waals surface area contributed by atoms with E-state index >= 15 is 0 Å². The molecule has 0 aliphatic heterocycles. The fraction of sp³-hybridized carbons (Fsp3) is 0.471. The fourth-order valence-corrected chi connectivity index (χ4v) is 2.23. The number of benzene rings is 1. The van der Waals surface area contributed by atoms with Crippen molar-refractivity contribution >= 4 is 5.91 Å². The third-order valence-electron chi connectivity index (χ3n) is 4.13. The Labute approximate surface area is 120 Å². The van der Waals surface area contributed by atoms with Crippen molar-refractivity contribution in [3.05, 3.63) is 34.9 Å². The SMILES string of the molecule is CCC1(CNC(=O)c2ccc(C)c(C#CCO)c2)CC1. The van der Waals surface area contributed by atoms with Gasteiger partial charge in [0.15, 0.2) is 0 Å². The molecule has 0 atom stereocenters. The van der Waals surface area contributed by atoms with E-state index in [0.29, 0.717) is 11.0 Å². The van der Waals surface area contributed by atoms with Crippen LogP contribution in [0.3, 0.4) is 0 Å². The zero-order valence-corrected chi connectivity index (χ0v) is 12.1. The smallest absolute Gasteiger partial charge is 0.251 e. The normalized spacial score (nSPS) is 15.2. The molecule has 3 heteroatoms. The molecule has 1 saturated carbocycles. The molecule has 0 bridgehead atoms. The Hall–Kier alpha value is -1.79. The average molecular weight is 271 g/mol. The Bertz CT molecular complexity index is 562. The molecule has 1 aliphatic carbocycles. The lowest BCUT2D eigenvalue weighted by molar-refractivity contribution is 0.0944. The summed E-state index contributed by atoms with van der Waals surface area (Å²) in [5.74, 6) is 5.45. The number of nitrogens with one attached hydrogen (secondary N) is 1. The minimum absolute atomic E-state index is 0.0447. The maximum absolute atomic E-state index is 12.2. The summed E-state index contributed by atoms with van der Waals surface area (Å²) in [6.07, 6.45) is 3.55.